The molecule has 2 N–H and O–H groups in total. The van der Waals surface area contributed by atoms with Gasteiger partial charge in [-0.1, -0.05) is 36.8 Å². The van der Waals surface area contributed by atoms with E-state index in [1.54, 1.807) is 18.4 Å². The maximum Gasteiger partial charge on any atom is 0.191 e. The third-order valence-corrected chi connectivity index (χ3v) is 4.15. The zero-order valence-electron chi connectivity index (χ0n) is 12.8. The Morgan fingerprint density at radius 1 is 1.29 bits per heavy atom. The predicted molar refractivity (Wildman–Crippen MR) is 89.7 cm³/mol. The molecule has 0 atom stereocenters. The molecule has 2 aromatic rings. The van der Waals surface area contributed by atoms with Gasteiger partial charge in [-0.05, 0) is 18.9 Å². The molecule has 0 fully saturated rings. The number of aryl methyl sites for hydroxylation is 2. The molecule has 4 nitrogen and oxygen atoms in total. The normalized spacial score (nSPS) is 11.5. The van der Waals surface area contributed by atoms with E-state index in [9.17, 15) is 0 Å². The third-order valence-electron chi connectivity index (χ3n) is 3.10. The topological polar surface area (TPSA) is 49.3 Å². The summed E-state index contributed by atoms with van der Waals surface area (Å²) in [5, 5.41) is 9.88. The van der Waals surface area contributed by atoms with Crippen molar-refractivity contribution in [1.29, 1.82) is 0 Å². The predicted octanol–water partition coefficient (Wildman–Crippen LogP) is 2.88. The summed E-state index contributed by atoms with van der Waals surface area (Å²) in [5.74, 6) is 0.794. The second-order valence-corrected chi connectivity index (χ2v) is 5.80. The van der Waals surface area contributed by atoms with Crippen LogP contribution >= 0.6 is 11.3 Å². The molecule has 2 rings (SSSR count). The van der Waals surface area contributed by atoms with Crippen molar-refractivity contribution in [3.05, 3.63) is 51.5 Å². The van der Waals surface area contributed by atoms with Gasteiger partial charge in [0.1, 0.15) is 0 Å². The standard InChI is InChI=1S/C16H22N4S/c1-4-15-20-14(11-21-15)10-19-16(17-3)18-9-13-7-5-6-12(2)8-13/h5-8,11H,4,9-10H2,1-3H3,(H2,17,18,19). The monoisotopic (exact) mass is 302 g/mol. The van der Waals surface area contributed by atoms with Crippen molar-refractivity contribution in [2.45, 2.75) is 33.4 Å². The zero-order chi connectivity index (χ0) is 15.1. The van der Waals surface area contributed by atoms with Crippen molar-refractivity contribution in [2.75, 3.05) is 7.05 Å². The minimum absolute atomic E-state index is 0.698. The number of hydrogen-bond acceptors (Lipinski definition) is 3. The van der Waals surface area contributed by atoms with Crippen LogP contribution in [0, 0.1) is 6.92 Å². The largest absolute Gasteiger partial charge is 0.352 e. The fourth-order valence-electron chi connectivity index (χ4n) is 2.00. The van der Waals surface area contributed by atoms with Crippen LogP contribution in [0.2, 0.25) is 0 Å². The van der Waals surface area contributed by atoms with Crippen molar-refractivity contribution in [2.24, 2.45) is 4.99 Å². The highest BCUT2D eigenvalue weighted by Crippen LogP contribution is 2.09. The second kappa shape index (κ2) is 7.78. The van der Waals surface area contributed by atoms with Crippen molar-refractivity contribution >= 4 is 17.3 Å². The van der Waals surface area contributed by atoms with Crippen molar-refractivity contribution < 1.29 is 0 Å². The first kappa shape index (κ1) is 15.5. The summed E-state index contributed by atoms with van der Waals surface area (Å²) < 4.78 is 0. The van der Waals surface area contributed by atoms with Crippen LogP contribution in [0.1, 0.15) is 28.8 Å². The van der Waals surface area contributed by atoms with Crippen LogP contribution < -0.4 is 10.6 Å². The van der Waals surface area contributed by atoms with Gasteiger partial charge in [0.15, 0.2) is 5.96 Å². The quantitative estimate of drug-likeness (QED) is 0.659. The summed E-state index contributed by atoms with van der Waals surface area (Å²) in [4.78, 5) is 8.78. The maximum atomic E-state index is 4.54. The molecule has 0 spiro atoms. The van der Waals surface area contributed by atoms with Crippen LogP contribution in [0.5, 0.6) is 0 Å². The molecule has 0 amide bonds. The Morgan fingerprint density at radius 3 is 2.76 bits per heavy atom. The molecule has 0 saturated carbocycles. The fraction of sp³-hybridized carbons (Fsp3) is 0.375. The van der Waals surface area contributed by atoms with Crippen LogP contribution in [-0.4, -0.2) is 18.0 Å². The average molecular weight is 302 g/mol. The Balaban J connectivity index is 1.83. The first-order valence-corrected chi connectivity index (χ1v) is 8.02. The molecule has 112 valence electrons. The van der Waals surface area contributed by atoms with Crippen molar-refractivity contribution in [3.63, 3.8) is 0 Å². The van der Waals surface area contributed by atoms with Gasteiger partial charge in [0, 0.05) is 19.0 Å². The smallest absolute Gasteiger partial charge is 0.191 e. The number of nitrogens with zero attached hydrogens (tertiary/aromatic N) is 2. The summed E-state index contributed by atoms with van der Waals surface area (Å²) in [6.45, 7) is 5.69. The molecule has 0 saturated heterocycles. The SMILES string of the molecule is CCc1nc(CNC(=NC)NCc2cccc(C)c2)cs1. The first-order chi connectivity index (χ1) is 10.2. The number of guanidine groups is 1. The summed E-state index contributed by atoms with van der Waals surface area (Å²) in [6, 6.07) is 8.46. The molecular weight excluding hydrogens is 280 g/mol. The number of nitrogens with one attached hydrogen (secondary N) is 2. The highest BCUT2D eigenvalue weighted by atomic mass is 32.1. The fourth-order valence-corrected chi connectivity index (χ4v) is 2.74. The van der Waals surface area contributed by atoms with Gasteiger partial charge >= 0.3 is 0 Å². The van der Waals surface area contributed by atoms with Gasteiger partial charge in [0.25, 0.3) is 0 Å². The van der Waals surface area contributed by atoms with Gasteiger partial charge in [0.05, 0.1) is 17.2 Å². The molecule has 0 radical (unpaired) electrons. The molecule has 5 heteroatoms. The van der Waals surface area contributed by atoms with Crippen LogP contribution in [-0.2, 0) is 19.5 Å². The lowest BCUT2D eigenvalue weighted by Gasteiger charge is -2.11. The van der Waals surface area contributed by atoms with Gasteiger partial charge < -0.3 is 10.6 Å². The highest BCUT2D eigenvalue weighted by Gasteiger charge is 2.02. The molecule has 0 aliphatic heterocycles. The second-order valence-electron chi connectivity index (χ2n) is 4.85. The van der Waals surface area contributed by atoms with Crippen LogP contribution in [0.3, 0.4) is 0 Å². The van der Waals surface area contributed by atoms with Gasteiger partial charge in [-0.25, -0.2) is 4.98 Å². The lowest BCUT2D eigenvalue weighted by molar-refractivity contribution is 0.794. The van der Waals surface area contributed by atoms with Gasteiger partial charge in [0.2, 0.25) is 0 Å². The molecular formula is C16H22N4S. The number of hydrogen-bond donors (Lipinski definition) is 2. The summed E-state index contributed by atoms with van der Waals surface area (Å²) >= 11 is 1.71. The number of thiazole rings is 1. The van der Waals surface area contributed by atoms with E-state index in [-0.39, 0.29) is 0 Å². The van der Waals surface area contributed by atoms with Gasteiger partial charge in [-0.2, -0.15) is 0 Å². The summed E-state index contributed by atoms with van der Waals surface area (Å²) in [7, 11) is 1.78. The molecule has 0 aliphatic rings. The molecule has 1 aromatic heterocycles. The summed E-state index contributed by atoms with van der Waals surface area (Å²) in [6.07, 6.45) is 0.991. The van der Waals surface area contributed by atoms with Crippen LogP contribution in [0.4, 0.5) is 0 Å². The molecule has 21 heavy (non-hydrogen) atoms. The van der Waals surface area contributed by atoms with E-state index in [2.05, 4.69) is 64.1 Å². The Kier molecular flexibility index (Phi) is 5.75. The van der Waals surface area contributed by atoms with Gasteiger partial charge in [-0.15, -0.1) is 11.3 Å². The molecule has 0 aliphatic carbocycles. The number of aromatic nitrogens is 1. The number of benzene rings is 1. The minimum Gasteiger partial charge on any atom is -0.352 e. The van der Waals surface area contributed by atoms with Gasteiger partial charge in [-0.3, -0.25) is 4.99 Å². The third kappa shape index (κ3) is 4.86. The lowest BCUT2D eigenvalue weighted by Crippen LogP contribution is -2.36. The molecule has 0 bridgehead atoms. The van der Waals surface area contributed by atoms with Crippen LogP contribution in [0.15, 0.2) is 34.6 Å². The zero-order valence-corrected chi connectivity index (χ0v) is 13.6. The van der Waals surface area contributed by atoms with E-state index in [1.807, 2.05) is 0 Å². The van der Waals surface area contributed by atoms with E-state index < -0.39 is 0 Å². The Hall–Kier alpha value is -1.88. The summed E-state index contributed by atoms with van der Waals surface area (Å²) in [5.41, 5.74) is 3.59. The first-order valence-electron chi connectivity index (χ1n) is 7.14. The van der Waals surface area contributed by atoms with E-state index >= 15 is 0 Å². The van der Waals surface area contributed by atoms with E-state index in [0.29, 0.717) is 6.54 Å². The Labute approximate surface area is 130 Å². The van der Waals surface area contributed by atoms with Crippen molar-refractivity contribution in [3.8, 4) is 0 Å². The van der Waals surface area contributed by atoms with Crippen LogP contribution in [0.25, 0.3) is 0 Å². The number of rotatable bonds is 5. The highest BCUT2D eigenvalue weighted by molar-refractivity contribution is 7.09. The molecule has 1 aromatic carbocycles. The van der Waals surface area contributed by atoms with E-state index in [0.717, 1.165) is 24.6 Å². The average Bonchev–Trinajstić information content (AvgIpc) is 2.95. The lowest BCUT2D eigenvalue weighted by atomic mass is 10.1. The number of aliphatic imine (C=N–C) groups is 1. The van der Waals surface area contributed by atoms with E-state index in [4.69, 9.17) is 0 Å². The Morgan fingerprint density at radius 2 is 2.10 bits per heavy atom. The Bertz CT molecular complexity index is 604. The minimum atomic E-state index is 0.698. The maximum absolute atomic E-state index is 4.54. The van der Waals surface area contributed by atoms with Crippen molar-refractivity contribution in [1.82, 2.24) is 15.6 Å². The molecule has 1 heterocycles. The molecule has 0 unspecified atom stereocenters. The van der Waals surface area contributed by atoms with E-state index in [1.165, 1.54) is 16.1 Å².